The molecular formula is C14H18O7. The predicted molar refractivity (Wildman–Crippen MR) is 69.5 cm³/mol. The first-order valence-corrected chi connectivity index (χ1v) is 6.48. The Labute approximate surface area is 122 Å². The van der Waals surface area contributed by atoms with E-state index in [0.717, 1.165) is 0 Å². The van der Waals surface area contributed by atoms with Gasteiger partial charge in [-0.05, 0) is 0 Å². The number of carbonyl (C=O) groups is 2. The Morgan fingerprint density at radius 1 is 0.810 bits per heavy atom. The van der Waals surface area contributed by atoms with Crippen molar-refractivity contribution in [2.24, 2.45) is 0 Å². The van der Waals surface area contributed by atoms with Gasteiger partial charge in [-0.2, -0.15) is 0 Å². The number of hydrogen-bond donors (Lipinski definition) is 0. The minimum Gasteiger partial charge on any atom is -0.454 e. The molecular weight excluding hydrogens is 280 g/mol. The molecule has 0 amide bonds. The Morgan fingerprint density at radius 3 is 1.52 bits per heavy atom. The fourth-order valence-electron chi connectivity index (χ4n) is 1.93. The molecule has 0 aromatic rings. The zero-order chi connectivity index (χ0) is 15.7. The van der Waals surface area contributed by atoms with Crippen molar-refractivity contribution in [1.29, 1.82) is 0 Å². The summed E-state index contributed by atoms with van der Waals surface area (Å²) in [6.07, 6.45) is 2.44. The SMILES string of the molecule is CC1(C)OC(=O)C=C(COCC2=CC(=O)OC(C)(C)O2)O1. The van der Waals surface area contributed by atoms with E-state index in [-0.39, 0.29) is 13.2 Å². The van der Waals surface area contributed by atoms with E-state index in [9.17, 15) is 9.59 Å². The molecule has 0 aromatic heterocycles. The quantitative estimate of drug-likeness (QED) is 0.725. The average Bonchev–Trinajstić information content (AvgIpc) is 2.22. The van der Waals surface area contributed by atoms with Gasteiger partial charge in [0.05, 0.1) is 12.2 Å². The third-order valence-corrected chi connectivity index (χ3v) is 2.49. The smallest absolute Gasteiger partial charge is 0.337 e. The van der Waals surface area contributed by atoms with Crippen molar-refractivity contribution in [3.05, 3.63) is 23.7 Å². The molecule has 0 saturated heterocycles. The molecule has 0 bridgehead atoms. The number of rotatable bonds is 4. The molecule has 0 aliphatic carbocycles. The van der Waals surface area contributed by atoms with Crippen molar-refractivity contribution in [3.63, 3.8) is 0 Å². The summed E-state index contributed by atoms with van der Waals surface area (Å²) in [5.74, 6) is -2.29. The van der Waals surface area contributed by atoms with Crippen molar-refractivity contribution < 1.29 is 33.3 Å². The Kier molecular flexibility index (Phi) is 3.95. The van der Waals surface area contributed by atoms with Gasteiger partial charge in [0.2, 0.25) is 11.6 Å². The summed E-state index contributed by atoms with van der Waals surface area (Å²) in [6.45, 7) is 6.64. The summed E-state index contributed by atoms with van der Waals surface area (Å²) in [5.41, 5.74) is 0. The lowest BCUT2D eigenvalue weighted by molar-refractivity contribution is -0.210. The summed E-state index contributed by atoms with van der Waals surface area (Å²) in [7, 11) is 0. The average molecular weight is 298 g/mol. The molecule has 7 heteroatoms. The second kappa shape index (κ2) is 5.40. The van der Waals surface area contributed by atoms with Crippen molar-refractivity contribution in [3.8, 4) is 0 Å². The largest absolute Gasteiger partial charge is 0.454 e. The zero-order valence-corrected chi connectivity index (χ0v) is 12.4. The molecule has 21 heavy (non-hydrogen) atoms. The van der Waals surface area contributed by atoms with Crippen LogP contribution in [0, 0.1) is 0 Å². The van der Waals surface area contributed by atoms with Crippen LogP contribution in [0.25, 0.3) is 0 Å². The maximum atomic E-state index is 11.4. The molecule has 7 nitrogen and oxygen atoms in total. The van der Waals surface area contributed by atoms with Gasteiger partial charge in [-0.3, -0.25) is 0 Å². The van der Waals surface area contributed by atoms with Gasteiger partial charge < -0.3 is 23.7 Å². The molecule has 0 spiro atoms. The van der Waals surface area contributed by atoms with E-state index in [4.69, 9.17) is 23.7 Å². The van der Waals surface area contributed by atoms with E-state index < -0.39 is 23.5 Å². The van der Waals surface area contributed by atoms with Gasteiger partial charge in [-0.15, -0.1) is 0 Å². The van der Waals surface area contributed by atoms with Gasteiger partial charge in [0.25, 0.3) is 0 Å². The molecule has 0 saturated carbocycles. The highest BCUT2D eigenvalue weighted by Gasteiger charge is 2.31. The minimum atomic E-state index is -1.02. The summed E-state index contributed by atoms with van der Waals surface area (Å²) < 4.78 is 26.2. The summed E-state index contributed by atoms with van der Waals surface area (Å²) >= 11 is 0. The maximum absolute atomic E-state index is 11.4. The molecule has 116 valence electrons. The highest BCUT2D eigenvalue weighted by atomic mass is 16.7. The molecule has 2 aliphatic rings. The van der Waals surface area contributed by atoms with E-state index >= 15 is 0 Å². The van der Waals surface area contributed by atoms with Crippen LogP contribution >= 0.6 is 0 Å². The maximum Gasteiger partial charge on any atom is 0.337 e. The van der Waals surface area contributed by atoms with Crippen LogP contribution in [0.2, 0.25) is 0 Å². The van der Waals surface area contributed by atoms with Crippen LogP contribution in [0.1, 0.15) is 27.7 Å². The van der Waals surface area contributed by atoms with Crippen molar-refractivity contribution in [1.82, 2.24) is 0 Å². The molecule has 0 N–H and O–H groups in total. The van der Waals surface area contributed by atoms with Gasteiger partial charge in [-0.25, -0.2) is 9.59 Å². The summed E-state index contributed by atoms with van der Waals surface area (Å²) in [5, 5.41) is 0. The van der Waals surface area contributed by atoms with Crippen molar-refractivity contribution >= 4 is 11.9 Å². The van der Waals surface area contributed by atoms with E-state index in [1.165, 1.54) is 12.2 Å². The molecule has 2 aliphatic heterocycles. The zero-order valence-electron chi connectivity index (χ0n) is 12.4. The lowest BCUT2D eigenvalue weighted by Gasteiger charge is -2.31. The molecule has 0 radical (unpaired) electrons. The number of ether oxygens (including phenoxy) is 5. The molecule has 2 heterocycles. The molecule has 0 aromatic carbocycles. The Morgan fingerprint density at radius 2 is 1.19 bits per heavy atom. The Balaban J connectivity index is 1.87. The number of carbonyl (C=O) groups excluding carboxylic acids is 2. The van der Waals surface area contributed by atoms with Crippen molar-refractivity contribution in [2.75, 3.05) is 13.2 Å². The summed E-state index contributed by atoms with van der Waals surface area (Å²) in [4.78, 5) is 22.7. The number of hydrogen-bond acceptors (Lipinski definition) is 7. The van der Waals surface area contributed by atoms with E-state index in [2.05, 4.69) is 0 Å². The molecule has 0 fully saturated rings. The lowest BCUT2D eigenvalue weighted by Crippen LogP contribution is -2.36. The van der Waals surface area contributed by atoms with E-state index in [1.54, 1.807) is 27.7 Å². The second-order valence-corrected chi connectivity index (χ2v) is 5.56. The van der Waals surface area contributed by atoms with Crippen LogP contribution in [0.15, 0.2) is 23.7 Å². The van der Waals surface area contributed by atoms with Crippen LogP contribution in [0.4, 0.5) is 0 Å². The van der Waals surface area contributed by atoms with Crippen LogP contribution in [0.5, 0.6) is 0 Å². The highest BCUT2D eigenvalue weighted by molar-refractivity contribution is 5.83. The van der Waals surface area contributed by atoms with Gasteiger partial charge in [0.15, 0.2) is 0 Å². The molecule has 0 atom stereocenters. The third-order valence-electron chi connectivity index (χ3n) is 2.49. The van der Waals surface area contributed by atoms with Crippen LogP contribution < -0.4 is 0 Å². The fraction of sp³-hybridized carbons (Fsp3) is 0.571. The standard InChI is InChI=1S/C14H18O7/c1-13(2)18-9(5-11(15)20-13)7-17-8-10-6-12(16)21-14(3,4)19-10/h5-6H,7-8H2,1-4H3. The summed E-state index contributed by atoms with van der Waals surface area (Å²) in [6, 6.07) is 0. The Bertz CT molecular complexity index is 467. The van der Waals surface area contributed by atoms with E-state index in [0.29, 0.717) is 11.5 Å². The van der Waals surface area contributed by atoms with Crippen LogP contribution in [0.3, 0.4) is 0 Å². The normalized spacial score (nSPS) is 23.0. The first-order valence-electron chi connectivity index (χ1n) is 6.48. The molecule has 2 rings (SSSR count). The second-order valence-electron chi connectivity index (χ2n) is 5.56. The topological polar surface area (TPSA) is 80.3 Å². The van der Waals surface area contributed by atoms with Crippen molar-refractivity contribution in [2.45, 2.75) is 39.3 Å². The van der Waals surface area contributed by atoms with Gasteiger partial charge in [0, 0.05) is 27.7 Å². The minimum absolute atomic E-state index is 0.0642. The third kappa shape index (κ3) is 4.49. The lowest BCUT2D eigenvalue weighted by atomic mass is 10.3. The fourth-order valence-corrected chi connectivity index (χ4v) is 1.93. The Hall–Kier alpha value is -2.02. The first-order chi connectivity index (χ1) is 9.65. The van der Waals surface area contributed by atoms with Crippen LogP contribution in [-0.4, -0.2) is 36.7 Å². The number of cyclic esters (lactones) is 2. The van der Waals surface area contributed by atoms with E-state index in [1.807, 2.05) is 0 Å². The molecule has 0 unspecified atom stereocenters. The van der Waals surface area contributed by atoms with Gasteiger partial charge in [-0.1, -0.05) is 0 Å². The van der Waals surface area contributed by atoms with Gasteiger partial charge in [0.1, 0.15) is 24.7 Å². The predicted octanol–water partition coefficient (Wildman–Crippen LogP) is 1.39. The number of esters is 2. The van der Waals surface area contributed by atoms with Gasteiger partial charge >= 0.3 is 11.9 Å². The van der Waals surface area contributed by atoms with Crippen LogP contribution in [-0.2, 0) is 33.3 Å². The highest BCUT2D eigenvalue weighted by Crippen LogP contribution is 2.24. The first kappa shape index (κ1) is 15.4. The monoisotopic (exact) mass is 298 g/mol.